The molecular formula is C22H15Cl2N3O3S. The van der Waals surface area contributed by atoms with Gasteiger partial charge in [0.15, 0.2) is 0 Å². The van der Waals surface area contributed by atoms with Gasteiger partial charge in [-0.05, 0) is 42.5 Å². The number of hydrogen-bond acceptors (Lipinski definition) is 5. The molecule has 0 aliphatic heterocycles. The maximum absolute atomic E-state index is 13.2. The maximum Gasteiger partial charge on any atom is 0.337 e. The van der Waals surface area contributed by atoms with Crippen LogP contribution in [0.1, 0.15) is 20.7 Å². The third kappa shape index (κ3) is 4.64. The third-order valence-corrected chi connectivity index (χ3v) is 5.82. The number of halogens is 2. The number of anilines is 1. The van der Waals surface area contributed by atoms with E-state index in [1.807, 2.05) is 36.4 Å². The quantitative estimate of drug-likeness (QED) is 0.365. The number of esters is 1. The molecule has 31 heavy (non-hydrogen) atoms. The van der Waals surface area contributed by atoms with Crippen LogP contribution in [0.15, 0.2) is 66.9 Å². The van der Waals surface area contributed by atoms with Crippen molar-refractivity contribution < 1.29 is 14.3 Å². The average Bonchev–Trinajstić information content (AvgIpc) is 3.40. The van der Waals surface area contributed by atoms with Gasteiger partial charge in [0.2, 0.25) is 0 Å². The number of benzene rings is 2. The Hall–Kier alpha value is -3.13. The lowest BCUT2D eigenvalue weighted by Gasteiger charge is -2.08. The second kappa shape index (κ2) is 8.93. The number of carbonyl (C=O) groups excluding carboxylic acids is 2. The summed E-state index contributed by atoms with van der Waals surface area (Å²) in [6.07, 6.45) is 1.65. The monoisotopic (exact) mass is 471 g/mol. The van der Waals surface area contributed by atoms with E-state index in [1.54, 1.807) is 23.0 Å². The molecule has 6 nitrogen and oxygen atoms in total. The second-order valence-electron chi connectivity index (χ2n) is 6.45. The number of hydrogen-bond donors (Lipinski definition) is 1. The number of amides is 1. The first-order valence-corrected chi connectivity index (χ1v) is 10.6. The van der Waals surface area contributed by atoms with Crippen molar-refractivity contribution in [2.24, 2.45) is 0 Å². The van der Waals surface area contributed by atoms with Crippen LogP contribution in [0, 0.1) is 0 Å². The standard InChI is InChI=1S/C22H15Cl2N3O3S/c1-30-22(29)13-9-14(23)11-15(10-13)25-21(28)17-12-27(16-5-3-2-4-6-16)26-20(17)18-7-8-19(24)31-18/h2-12H,1H3,(H,25,28). The summed E-state index contributed by atoms with van der Waals surface area (Å²) in [5, 5.41) is 7.69. The van der Waals surface area contributed by atoms with Crippen LogP contribution in [0.5, 0.6) is 0 Å². The van der Waals surface area contributed by atoms with Crippen molar-refractivity contribution in [3.05, 3.63) is 87.3 Å². The van der Waals surface area contributed by atoms with Gasteiger partial charge in [0.25, 0.3) is 5.91 Å². The Bertz CT molecular complexity index is 1270. The van der Waals surface area contributed by atoms with Crippen LogP contribution in [0.25, 0.3) is 16.3 Å². The number of nitrogens with zero attached hydrogens (tertiary/aromatic N) is 2. The highest BCUT2D eigenvalue weighted by atomic mass is 35.5. The van der Waals surface area contributed by atoms with Gasteiger partial charge in [-0.1, -0.05) is 41.4 Å². The van der Waals surface area contributed by atoms with E-state index in [1.165, 1.54) is 30.6 Å². The molecule has 0 unspecified atom stereocenters. The van der Waals surface area contributed by atoms with E-state index in [2.05, 4.69) is 10.4 Å². The van der Waals surface area contributed by atoms with E-state index in [4.69, 9.17) is 27.9 Å². The average molecular weight is 472 g/mol. The Morgan fingerprint density at radius 1 is 1.06 bits per heavy atom. The van der Waals surface area contributed by atoms with E-state index in [-0.39, 0.29) is 5.56 Å². The van der Waals surface area contributed by atoms with Crippen molar-refractivity contribution >= 4 is 52.1 Å². The van der Waals surface area contributed by atoms with Gasteiger partial charge in [-0.3, -0.25) is 4.79 Å². The van der Waals surface area contributed by atoms with Crippen molar-refractivity contribution in [1.82, 2.24) is 9.78 Å². The fraction of sp³-hybridized carbons (Fsp3) is 0.0455. The smallest absolute Gasteiger partial charge is 0.337 e. The molecule has 1 amide bonds. The van der Waals surface area contributed by atoms with Crippen LogP contribution in [0.2, 0.25) is 9.36 Å². The molecule has 0 radical (unpaired) electrons. The van der Waals surface area contributed by atoms with Gasteiger partial charge in [-0.25, -0.2) is 9.48 Å². The lowest BCUT2D eigenvalue weighted by molar-refractivity contribution is 0.0600. The number of para-hydroxylation sites is 1. The van der Waals surface area contributed by atoms with Crippen molar-refractivity contribution in [2.75, 3.05) is 12.4 Å². The van der Waals surface area contributed by atoms with Crippen LogP contribution >= 0.6 is 34.5 Å². The Balaban J connectivity index is 1.73. The van der Waals surface area contributed by atoms with E-state index >= 15 is 0 Å². The summed E-state index contributed by atoms with van der Waals surface area (Å²) in [7, 11) is 1.28. The number of aromatic nitrogens is 2. The van der Waals surface area contributed by atoms with Crippen molar-refractivity contribution in [3.63, 3.8) is 0 Å². The summed E-state index contributed by atoms with van der Waals surface area (Å²) in [6, 6.07) is 17.5. The summed E-state index contributed by atoms with van der Waals surface area (Å²) in [6.45, 7) is 0. The molecule has 0 aliphatic rings. The number of rotatable bonds is 5. The predicted octanol–water partition coefficient (Wildman–Crippen LogP) is 5.95. The van der Waals surface area contributed by atoms with Crippen LogP contribution in [-0.4, -0.2) is 28.8 Å². The Labute approximate surface area is 192 Å². The van der Waals surface area contributed by atoms with Crippen LogP contribution in [-0.2, 0) is 4.74 Å². The molecule has 0 saturated heterocycles. The van der Waals surface area contributed by atoms with Gasteiger partial charge < -0.3 is 10.1 Å². The molecule has 0 aliphatic carbocycles. The van der Waals surface area contributed by atoms with Gasteiger partial charge in [-0.2, -0.15) is 5.10 Å². The minimum Gasteiger partial charge on any atom is -0.465 e. The van der Waals surface area contributed by atoms with E-state index in [9.17, 15) is 9.59 Å². The van der Waals surface area contributed by atoms with Gasteiger partial charge in [0.05, 0.1) is 33.1 Å². The molecule has 2 aromatic heterocycles. The number of thiophene rings is 1. The minimum atomic E-state index is -0.552. The van der Waals surface area contributed by atoms with E-state index in [0.29, 0.717) is 26.3 Å². The summed E-state index contributed by atoms with van der Waals surface area (Å²) >= 11 is 13.5. The molecule has 1 N–H and O–H groups in total. The highest BCUT2D eigenvalue weighted by Gasteiger charge is 2.21. The van der Waals surface area contributed by atoms with Gasteiger partial charge in [-0.15, -0.1) is 11.3 Å². The molecule has 0 atom stereocenters. The molecule has 0 bridgehead atoms. The van der Waals surface area contributed by atoms with Gasteiger partial charge >= 0.3 is 5.97 Å². The summed E-state index contributed by atoms with van der Waals surface area (Å²) < 4.78 is 6.96. The Morgan fingerprint density at radius 2 is 1.84 bits per heavy atom. The molecule has 156 valence electrons. The summed E-state index contributed by atoms with van der Waals surface area (Å²) in [5.41, 5.74) is 2.24. The largest absolute Gasteiger partial charge is 0.465 e. The fourth-order valence-corrected chi connectivity index (χ4v) is 4.25. The first-order valence-electron chi connectivity index (χ1n) is 9.05. The van der Waals surface area contributed by atoms with Crippen LogP contribution in [0.4, 0.5) is 5.69 Å². The molecule has 9 heteroatoms. The fourth-order valence-electron chi connectivity index (χ4n) is 2.97. The summed E-state index contributed by atoms with van der Waals surface area (Å²) in [4.78, 5) is 25.8. The number of ether oxygens (including phenoxy) is 1. The molecule has 4 rings (SSSR count). The molecule has 0 spiro atoms. The lowest BCUT2D eigenvalue weighted by Crippen LogP contribution is -2.13. The highest BCUT2D eigenvalue weighted by Crippen LogP contribution is 2.33. The molecule has 0 saturated carbocycles. The first-order chi connectivity index (χ1) is 14.9. The number of nitrogens with one attached hydrogen (secondary N) is 1. The van der Waals surface area contributed by atoms with Gasteiger partial charge in [0, 0.05) is 16.9 Å². The van der Waals surface area contributed by atoms with E-state index in [0.717, 1.165) is 10.6 Å². The molecule has 2 heterocycles. The number of carbonyl (C=O) groups is 2. The minimum absolute atomic E-state index is 0.232. The van der Waals surface area contributed by atoms with Gasteiger partial charge in [0.1, 0.15) is 5.69 Å². The highest BCUT2D eigenvalue weighted by molar-refractivity contribution is 7.19. The lowest BCUT2D eigenvalue weighted by atomic mass is 10.1. The molecule has 2 aromatic carbocycles. The topological polar surface area (TPSA) is 73.2 Å². The second-order valence-corrected chi connectivity index (χ2v) is 8.60. The Morgan fingerprint density at radius 3 is 2.52 bits per heavy atom. The summed E-state index contributed by atoms with van der Waals surface area (Å²) in [5.74, 6) is -0.955. The zero-order chi connectivity index (χ0) is 22.0. The van der Waals surface area contributed by atoms with E-state index < -0.39 is 11.9 Å². The third-order valence-electron chi connectivity index (χ3n) is 4.36. The van der Waals surface area contributed by atoms with Crippen molar-refractivity contribution in [2.45, 2.75) is 0 Å². The predicted molar refractivity (Wildman–Crippen MR) is 123 cm³/mol. The van der Waals surface area contributed by atoms with Crippen LogP contribution in [0.3, 0.4) is 0 Å². The number of methoxy groups -OCH3 is 1. The maximum atomic E-state index is 13.2. The molecule has 4 aromatic rings. The normalized spacial score (nSPS) is 10.7. The SMILES string of the molecule is COC(=O)c1cc(Cl)cc(NC(=O)c2cn(-c3ccccc3)nc2-c2ccc(Cl)s2)c1. The van der Waals surface area contributed by atoms with Crippen LogP contribution < -0.4 is 5.32 Å². The first kappa shape index (κ1) is 21.1. The zero-order valence-electron chi connectivity index (χ0n) is 16.1. The van der Waals surface area contributed by atoms with Crippen molar-refractivity contribution in [3.8, 4) is 16.3 Å². The Kier molecular flexibility index (Phi) is 6.08. The molecular weight excluding hydrogens is 457 g/mol. The zero-order valence-corrected chi connectivity index (χ0v) is 18.5. The van der Waals surface area contributed by atoms with Crippen molar-refractivity contribution in [1.29, 1.82) is 0 Å². The molecule has 0 fully saturated rings.